The molecule has 4 nitrogen and oxygen atoms in total. The highest BCUT2D eigenvalue weighted by Crippen LogP contribution is 2.32. The highest BCUT2D eigenvalue weighted by Gasteiger charge is 2.20. The smallest absolute Gasteiger partial charge is 0.130 e. The molecule has 25 heavy (non-hydrogen) atoms. The minimum absolute atomic E-state index is 0.304. The predicted molar refractivity (Wildman–Crippen MR) is 102 cm³/mol. The van der Waals surface area contributed by atoms with Gasteiger partial charge in [0.15, 0.2) is 0 Å². The molecule has 0 saturated heterocycles. The molecule has 0 saturated carbocycles. The maximum atomic E-state index is 5.79. The molecule has 2 aromatic carbocycles. The molecule has 4 rings (SSSR count). The molecule has 0 unspecified atom stereocenters. The standard InChI is InChI=1S/C21H22N4/c1-14-23-20(16-9-11-17(22)12-10-16)13-21(24-14)25-19-8-4-6-15-5-2-3-7-18(15)19/h2-3,5,7,9-13,19H,4,6,8,22H2,1H3,(H,23,24,25)/t19-/m1/s1. The van der Waals surface area contributed by atoms with Crippen LogP contribution in [0.25, 0.3) is 11.3 Å². The summed E-state index contributed by atoms with van der Waals surface area (Å²) in [6.07, 6.45) is 3.48. The van der Waals surface area contributed by atoms with Gasteiger partial charge in [-0.25, -0.2) is 9.97 Å². The van der Waals surface area contributed by atoms with E-state index in [9.17, 15) is 0 Å². The van der Waals surface area contributed by atoms with E-state index < -0.39 is 0 Å². The number of nitrogens with two attached hydrogens (primary N) is 1. The predicted octanol–water partition coefficient (Wildman–Crippen LogP) is 4.52. The molecule has 1 aromatic heterocycles. The van der Waals surface area contributed by atoms with Crippen LogP contribution in [0.3, 0.4) is 0 Å². The van der Waals surface area contributed by atoms with Crippen molar-refractivity contribution >= 4 is 11.5 Å². The second kappa shape index (κ2) is 6.55. The number of nitrogens with zero attached hydrogens (tertiary/aromatic N) is 2. The zero-order valence-electron chi connectivity index (χ0n) is 14.4. The first-order valence-electron chi connectivity index (χ1n) is 8.75. The molecule has 0 bridgehead atoms. The Morgan fingerprint density at radius 3 is 2.68 bits per heavy atom. The number of nitrogens with one attached hydrogen (secondary N) is 1. The number of hydrogen-bond acceptors (Lipinski definition) is 4. The number of benzene rings is 2. The fourth-order valence-electron chi connectivity index (χ4n) is 3.53. The number of nitrogen functional groups attached to an aromatic ring is 1. The maximum absolute atomic E-state index is 5.79. The summed E-state index contributed by atoms with van der Waals surface area (Å²) >= 11 is 0. The van der Waals surface area contributed by atoms with E-state index in [0.29, 0.717) is 6.04 Å². The van der Waals surface area contributed by atoms with Crippen LogP contribution in [0.2, 0.25) is 0 Å². The van der Waals surface area contributed by atoms with Gasteiger partial charge in [-0.15, -0.1) is 0 Å². The van der Waals surface area contributed by atoms with Crippen molar-refractivity contribution in [2.45, 2.75) is 32.2 Å². The van der Waals surface area contributed by atoms with Gasteiger partial charge in [0.25, 0.3) is 0 Å². The Bertz CT molecular complexity index is 887. The van der Waals surface area contributed by atoms with Gasteiger partial charge in [-0.1, -0.05) is 36.4 Å². The third-order valence-corrected chi connectivity index (χ3v) is 4.74. The largest absolute Gasteiger partial charge is 0.399 e. The molecule has 0 radical (unpaired) electrons. The summed E-state index contributed by atoms with van der Waals surface area (Å²) in [6, 6.07) is 18.8. The van der Waals surface area contributed by atoms with Gasteiger partial charge in [-0.2, -0.15) is 0 Å². The van der Waals surface area contributed by atoms with Crippen LogP contribution in [-0.2, 0) is 6.42 Å². The molecule has 1 heterocycles. The van der Waals surface area contributed by atoms with Crippen LogP contribution >= 0.6 is 0 Å². The van der Waals surface area contributed by atoms with Gasteiger partial charge in [0.05, 0.1) is 11.7 Å². The molecule has 0 amide bonds. The first-order valence-corrected chi connectivity index (χ1v) is 8.75. The van der Waals surface area contributed by atoms with E-state index in [1.807, 2.05) is 37.3 Å². The van der Waals surface area contributed by atoms with E-state index >= 15 is 0 Å². The maximum Gasteiger partial charge on any atom is 0.130 e. The van der Waals surface area contributed by atoms with Gasteiger partial charge >= 0.3 is 0 Å². The van der Waals surface area contributed by atoms with Crippen LogP contribution in [0, 0.1) is 6.92 Å². The molecular weight excluding hydrogens is 308 g/mol. The molecule has 126 valence electrons. The number of rotatable bonds is 3. The third-order valence-electron chi connectivity index (χ3n) is 4.74. The van der Waals surface area contributed by atoms with Crippen molar-refractivity contribution in [2.24, 2.45) is 0 Å². The zero-order chi connectivity index (χ0) is 17.2. The Kier molecular flexibility index (Phi) is 4.10. The first kappa shape index (κ1) is 15.6. The van der Waals surface area contributed by atoms with E-state index in [1.165, 1.54) is 17.5 Å². The summed E-state index contributed by atoms with van der Waals surface area (Å²) in [5, 5.41) is 3.62. The molecule has 3 aromatic rings. The van der Waals surface area contributed by atoms with Crippen LogP contribution in [-0.4, -0.2) is 9.97 Å². The van der Waals surface area contributed by atoms with E-state index in [2.05, 4.69) is 39.6 Å². The highest BCUT2D eigenvalue weighted by molar-refractivity contribution is 5.64. The van der Waals surface area contributed by atoms with Crippen molar-refractivity contribution < 1.29 is 0 Å². The summed E-state index contributed by atoms with van der Waals surface area (Å²) in [5.41, 5.74) is 11.3. The SMILES string of the molecule is Cc1nc(N[C@@H]2CCCc3ccccc32)cc(-c2ccc(N)cc2)n1. The normalized spacial score (nSPS) is 16.3. The van der Waals surface area contributed by atoms with E-state index in [-0.39, 0.29) is 0 Å². The molecule has 1 aliphatic carbocycles. The average Bonchev–Trinajstić information content (AvgIpc) is 2.62. The number of anilines is 2. The van der Waals surface area contributed by atoms with Crippen molar-refractivity contribution in [3.63, 3.8) is 0 Å². The lowest BCUT2D eigenvalue weighted by atomic mass is 9.88. The summed E-state index contributed by atoms with van der Waals surface area (Å²) in [6.45, 7) is 1.93. The topological polar surface area (TPSA) is 63.8 Å². The van der Waals surface area contributed by atoms with Crippen molar-refractivity contribution in [1.29, 1.82) is 0 Å². The van der Waals surface area contributed by atoms with E-state index in [0.717, 1.165) is 41.4 Å². The Balaban J connectivity index is 1.65. The minimum atomic E-state index is 0.304. The Hall–Kier alpha value is -2.88. The number of fused-ring (bicyclic) bond motifs is 1. The number of hydrogen-bond donors (Lipinski definition) is 2. The molecule has 1 atom stereocenters. The Morgan fingerprint density at radius 1 is 1.04 bits per heavy atom. The Labute approximate surface area is 148 Å². The lowest BCUT2D eigenvalue weighted by Crippen LogP contribution is -2.18. The molecule has 0 aliphatic heterocycles. The fraction of sp³-hybridized carbons (Fsp3) is 0.238. The van der Waals surface area contributed by atoms with Crippen LogP contribution in [0.15, 0.2) is 54.6 Å². The van der Waals surface area contributed by atoms with Crippen LogP contribution < -0.4 is 11.1 Å². The summed E-state index contributed by atoms with van der Waals surface area (Å²) < 4.78 is 0. The summed E-state index contributed by atoms with van der Waals surface area (Å²) in [7, 11) is 0. The monoisotopic (exact) mass is 330 g/mol. The molecule has 3 N–H and O–H groups in total. The number of aryl methyl sites for hydroxylation is 2. The number of aromatic nitrogens is 2. The summed E-state index contributed by atoms with van der Waals surface area (Å²) in [4.78, 5) is 9.18. The third kappa shape index (κ3) is 3.33. The zero-order valence-corrected chi connectivity index (χ0v) is 14.4. The van der Waals surface area contributed by atoms with E-state index in [1.54, 1.807) is 0 Å². The lowest BCUT2D eigenvalue weighted by Gasteiger charge is -2.27. The lowest BCUT2D eigenvalue weighted by molar-refractivity contribution is 0.598. The van der Waals surface area contributed by atoms with Crippen molar-refractivity contribution in [1.82, 2.24) is 9.97 Å². The van der Waals surface area contributed by atoms with Crippen LogP contribution in [0.4, 0.5) is 11.5 Å². The second-order valence-corrected chi connectivity index (χ2v) is 6.60. The second-order valence-electron chi connectivity index (χ2n) is 6.60. The molecule has 0 fully saturated rings. The van der Waals surface area contributed by atoms with Gasteiger partial charge in [0.1, 0.15) is 11.6 Å². The fourth-order valence-corrected chi connectivity index (χ4v) is 3.53. The van der Waals surface area contributed by atoms with Crippen molar-refractivity contribution in [2.75, 3.05) is 11.1 Å². The van der Waals surface area contributed by atoms with Crippen molar-refractivity contribution in [3.8, 4) is 11.3 Å². The van der Waals surface area contributed by atoms with Gasteiger partial charge in [0.2, 0.25) is 0 Å². The van der Waals surface area contributed by atoms with Crippen LogP contribution in [0.5, 0.6) is 0 Å². The van der Waals surface area contributed by atoms with Gasteiger partial charge in [-0.3, -0.25) is 0 Å². The van der Waals surface area contributed by atoms with Crippen molar-refractivity contribution in [3.05, 3.63) is 71.5 Å². The van der Waals surface area contributed by atoms with Gasteiger partial charge in [0, 0.05) is 17.3 Å². The molecule has 0 spiro atoms. The highest BCUT2D eigenvalue weighted by atomic mass is 15.0. The molecule has 1 aliphatic rings. The van der Waals surface area contributed by atoms with Gasteiger partial charge < -0.3 is 11.1 Å². The minimum Gasteiger partial charge on any atom is -0.399 e. The molecular formula is C21H22N4. The first-order chi connectivity index (χ1) is 12.2. The van der Waals surface area contributed by atoms with Crippen LogP contribution in [0.1, 0.15) is 35.8 Å². The quantitative estimate of drug-likeness (QED) is 0.693. The summed E-state index contributed by atoms with van der Waals surface area (Å²) in [5.74, 6) is 1.64. The average molecular weight is 330 g/mol. The van der Waals surface area contributed by atoms with E-state index in [4.69, 9.17) is 5.73 Å². The Morgan fingerprint density at radius 2 is 1.84 bits per heavy atom. The molecule has 4 heteroatoms. The van der Waals surface area contributed by atoms with Gasteiger partial charge in [-0.05, 0) is 49.4 Å².